The van der Waals surface area contributed by atoms with Gasteiger partial charge in [0.25, 0.3) is 5.91 Å². The van der Waals surface area contributed by atoms with E-state index >= 15 is 0 Å². The van der Waals surface area contributed by atoms with Gasteiger partial charge in [-0.15, -0.1) is 0 Å². The van der Waals surface area contributed by atoms with E-state index in [9.17, 15) is 4.79 Å². The van der Waals surface area contributed by atoms with E-state index in [1.54, 1.807) is 23.8 Å². The van der Waals surface area contributed by atoms with Gasteiger partial charge in [-0.05, 0) is 24.8 Å². The molecule has 0 fully saturated rings. The number of carbonyl (C=O) groups is 1. The smallest absolute Gasteiger partial charge is 0.275 e. The standard InChI is InChI=1S/C18H27N3O4S/c1-7-18(3,8-2)15-11-19-21(26-15)20-17(22)16-13(24-5)9-12(23-4)10-14(16)25-6/h9-11,19H,7-8H2,1-6H3,(H,20,22). The van der Waals surface area contributed by atoms with Crippen LogP contribution >= 0.6 is 11.9 Å². The summed E-state index contributed by atoms with van der Waals surface area (Å²) < 4.78 is 17.5. The molecule has 1 aromatic carbocycles. The number of rotatable bonds is 8. The lowest BCUT2D eigenvalue weighted by Gasteiger charge is -2.27. The lowest BCUT2D eigenvalue weighted by Crippen LogP contribution is -2.42. The van der Waals surface area contributed by atoms with Crippen molar-refractivity contribution in [3.63, 3.8) is 0 Å². The molecule has 1 amide bonds. The molecule has 144 valence electrons. The van der Waals surface area contributed by atoms with Gasteiger partial charge in [-0.1, -0.05) is 25.3 Å². The fourth-order valence-electron chi connectivity index (χ4n) is 2.58. The van der Waals surface area contributed by atoms with Crippen LogP contribution < -0.4 is 25.1 Å². The molecule has 1 heterocycles. The Balaban J connectivity index is 2.17. The third-order valence-electron chi connectivity index (χ3n) is 4.80. The molecule has 0 bridgehead atoms. The first-order valence-corrected chi connectivity index (χ1v) is 9.25. The second kappa shape index (κ2) is 8.55. The monoisotopic (exact) mass is 381 g/mol. The van der Waals surface area contributed by atoms with Crippen LogP contribution in [0.15, 0.2) is 23.2 Å². The Morgan fingerprint density at radius 1 is 1.15 bits per heavy atom. The number of nitrogens with one attached hydrogen (secondary N) is 2. The highest BCUT2D eigenvalue weighted by Gasteiger charge is 2.32. The van der Waals surface area contributed by atoms with Crippen LogP contribution in [0.2, 0.25) is 0 Å². The van der Waals surface area contributed by atoms with Gasteiger partial charge >= 0.3 is 0 Å². The molecule has 26 heavy (non-hydrogen) atoms. The molecular formula is C18H27N3O4S. The molecule has 1 aromatic rings. The van der Waals surface area contributed by atoms with E-state index in [1.807, 2.05) is 6.20 Å². The molecule has 0 aromatic heterocycles. The topological polar surface area (TPSA) is 72.1 Å². The van der Waals surface area contributed by atoms with Crippen molar-refractivity contribution in [2.24, 2.45) is 5.41 Å². The van der Waals surface area contributed by atoms with Crippen molar-refractivity contribution in [1.82, 2.24) is 15.4 Å². The van der Waals surface area contributed by atoms with Crippen LogP contribution in [0.25, 0.3) is 0 Å². The number of hydrogen-bond acceptors (Lipinski definition) is 7. The minimum absolute atomic E-state index is 0.0760. The number of hydrazine groups is 2. The quantitative estimate of drug-likeness (QED) is 0.668. The number of allylic oxidation sites excluding steroid dienone is 1. The molecule has 0 saturated heterocycles. The molecule has 1 aliphatic heterocycles. The molecule has 0 atom stereocenters. The average molecular weight is 381 g/mol. The normalized spacial score (nSPS) is 14.5. The number of ether oxygens (including phenoxy) is 3. The number of benzene rings is 1. The summed E-state index contributed by atoms with van der Waals surface area (Å²) in [4.78, 5) is 14.0. The van der Waals surface area contributed by atoms with Crippen molar-refractivity contribution in [2.75, 3.05) is 21.3 Å². The van der Waals surface area contributed by atoms with Crippen LogP contribution in [0.4, 0.5) is 0 Å². The van der Waals surface area contributed by atoms with Gasteiger partial charge in [0.15, 0.2) is 0 Å². The lowest BCUT2D eigenvalue weighted by atomic mass is 9.84. The zero-order valence-corrected chi connectivity index (χ0v) is 17.0. The number of hydrogen-bond donors (Lipinski definition) is 2. The Morgan fingerprint density at radius 2 is 1.73 bits per heavy atom. The van der Waals surface area contributed by atoms with Crippen molar-refractivity contribution in [3.05, 3.63) is 28.8 Å². The number of nitrogens with zero attached hydrogens (tertiary/aromatic N) is 1. The van der Waals surface area contributed by atoms with Gasteiger partial charge in [0, 0.05) is 28.7 Å². The lowest BCUT2D eigenvalue weighted by molar-refractivity contribution is 0.0864. The van der Waals surface area contributed by atoms with E-state index in [0.717, 1.165) is 12.8 Å². The molecule has 2 rings (SSSR count). The maximum atomic E-state index is 12.8. The fourth-order valence-corrected chi connectivity index (χ4v) is 3.63. The molecule has 0 aliphatic carbocycles. The van der Waals surface area contributed by atoms with Crippen molar-refractivity contribution in [2.45, 2.75) is 33.6 Å². The SMILES string of the molecule is CCC(C)(CC)C1=CNN(NC(=O)c2c(OC)cc(OC)cc2OC)S1. The van der Waals surface area contributed by atoms with Crippen LogP contribution in [0.3, 0.4) is 0 Å². The summed E-state index contributed by atoms with van der Waals surface area (Å²) in [5.74, 6) is 0.964. The van der Waals surface area contributed by atoms with Crippen molar-refractivity contribution >= 4 is 17.9 Å². The van der Waals surface area contributed by atoms with Crippen LogP contribution in [-0.2, 0) is 0 Å². The summed E-state index contributed by atoms with van der Waals surface area (Å²) >= 11 is 1.47. The van der Waals surface area contributed by atoms with E-state index in [0.29, 0.717) is 22.8 Å². The number of carbonyl (C=O) groups excluding carboxylic acids is 1. The van der Waals surface area contributed by atoms with Crippen LogP contribution in [0, 0.1) is 5.41 Å². The second-order valence-corrected chi connectivity index (χ2v) is 7.13. The van der Waals surface area contributed by atoms with Gasteiger partial charge in [0.1, 0.15) is 22.8 Å². The molecule has 1 aliphatic rings. The van der Waals surface area contributed by atoms with E-state index in [2.05, 4.69) is 31.6 Å². The maximum Gasteiger partial charge on any atom is 0.275 e. The van der Waals surface area contributed by atoms with E-state index < -0.39 is 0 Å². The molecule has 0 unspecified atom stereocenters. The zero-order chi connectivity index (χ0) is 19.3. The number of methoxy groups -OCH3 is 3. The first-order valence-electron chi connectivity index (χ1n) is 8.48. The largest absolute Gasteiger partial charge is 0.496 e. The predicted molar refractivity (Wildman–Crippen MR) is 103 cm³/mol. The summed E-state index contributed by atoms with van der Waals surface area (Å²) in [7, 11) is 4.55. The van der Waals surface area contributed by atoms with Crippen LogP contribution in [-0.4, -0.2) is 31.8 Å². The minimum atomic E-state index is -0.342. The zero-order valence-electron chi connectivity index (χ0n) is 16.1. The Hall–Kier alpha value is -2.06. The Morgan fingerprint density at radius 3 is 2.19 bits per heavy atom. The van der Waals surface area contributed by atoms with Gasteiger partial charge in [-0.25, -0.2) is 0 Å². The fraction of sp³-hybridized carbons (Fsp3) is 0.500. The van der Waals surface area contributed by atoms with Crippen molar-refractivity contribution in [1.29, 1.82) is 0 Å². The Labute approximate surface area is 159 Å². The van der Waals surface area contributed by atoms with Gasteiger partial charge < -0.3 is 14.2 Å². The summed E-state index contributed by atoms with van der Waals surface area (Å²) in [5.41, 5.74) is 6.28. The van der Waals surface area contributed by atoms with Gasteiger partial charge in [0.2, 0.25) is 0 Å². The van der Waals surface area contributed by atoms with Gasteiger partial charge in [-0.3, -0.25) is 15.6 Å². The molecule has 2 N–H and O–H groups in total. The Bertz CT molecular complexity index is 664. The van der Waals surface area contributed by atoms with E-state index in [-0.39, 0.29) is 11.3 Å². The van der Waals surface area contributed by atoms with Crippen molar-refractivity contribution < 1.29 is 19.0 Å². The maximum absolute atomic E-state index is 12.8. The third kappa shape index (κ3) is 4.02. The van der Waals surface area contributed by atoms with E-state index in [1.165, 1.54) is 31.1 Å². The third-order valence-corrected chi connectivity index (χ3v) is 5.99. The average Bonchev–Trinajstić information content (AvgIpc) is 3.14. The van der Waals surface area contributed by atoms with E-state index in [4.69, 9.17) is 14.2 Å². The summed E-state index contributed by atoms with van der Waals surface area (Å²) in [6.07, 6.45) is 3.97. The summed E-state index contributed by atoms with van der Waals surface area (Å²) in [5, 5.41) is 0. The molecule has 7 nitrogen and oxygen atoms in total. The summed E-state index contributed by atoms with van der Waals surface area (Å²) in [6.45, 7) is 6.55. The minimum Gasteiger partial charge on any atom is -0.496 e. The molecule has 8 heteroatoms. The highest BCUT2D eigenvalue weighted by Crippen LogP contribution is 2.43. The van der Waals surface area contributed by atoms with Crippen molar-refractivity contribution in [3.8, 4) is 17.2 Å². The van der Waals surface area contributed by atoms with Gasteiger partial charge in [-0.2, -0.15) is 0 Å². The predicted octanol–water partition coefficient (Wildman–Crippen LogP) is 3.49. The first-order chi connectivity index (χ1) is 12.4. The summed E-state index contributed by atoms with van der Waals surface area (Å²) in [6, 6.07) is 3.30. The molecule has 0 saturated carbocycles. The first kappa shape index (κ1) is 20.3. The Kier molecular flexibility index (Phi) is 6.66. The van der Waals surface area contributed by atoms with Gasteiger partial charge in [0.05, 0.1) is 21.3 Å². The molecule has 0 spiro atoms. The highest BCUT2D eigenvalue weighted by atomic mass is 32.2. The second-order valence-electron chi connectivity index (χ2n) is 6.14. The highest BCUT2D eigenvalue weighted by molar-refractivity contribution is 8.01. The molecule has 0 radical (unpaired) electrons. The molecular weight excluding hydrogens is 354 g/mol. The van der Waals surface area contributed by atoms with Crippen LogP contribution in [0.1, 0.15) is 44.0 Å². The number of amides is 1. The van der Waals surface area contributed by atoms with Crippen LogP contribution in [0.5, 0.6) is 17.2 Å².